The van der Waals surface area contributed by atoms with Gasteiger partial charge in [0.2, 0.25) is 5.91 Å². The van der Waals surface area contributed by atoms with E-state index in [0.717, 1.165) is 11.1 Å². The van der Waals surface area contributed by atoms with Gasteiger partial charge < -0.3 is 10.6 Å². The second-order valence-electron chi connectivity index (χ2n) is 7.68. The summed E-state index contributed by atoms with van der Waals surface area (Å²) in [6.45, 7) is 3.61. The van der Waals surface area contributed by atoms with Crippen LogP contribution in [0.5, 0.6) is 0 Å². The standard InChI is InChI=1S/C26H23N3O3/c1-17-8-10-19(11-9-17)16-29-25(31)23(20-12-14-22(15-13-20)27-18(2)30)24(26(29)32)28-21-6-4-3-5-7-21/h3-15,28H,16H2,1-2H3,(H,27,30). The number of aryl methyl sites for hydroxylation is 1. The van der Waals surface area contributed by atoms with Gasteiger partial charge in [0.25, 0.3) is 11.8 Å². The summed E-state index contributed by atoms with van der Waals surface area (Å²) in [5.74, 6) is -0.915. The molecule has 0 aromatic heterocycles. The zero-order valence-corrected chi connectivity index (χ0v) is 17.9. The molecule has 0 fully saturated rings. The Labute approximate surface area is 186 Å². The van der Waals surface area contributed by atoms with Gasteiger partial charge in [0.15, 0.2) is 0 Å². The van der Waals surface area contributed by atoms with Crippen LogP contribution < -0.4 is 10.6 Å². The maximum atomic E-state index is 13.4. The Morgan fingerprint density at radius 3 is 2.09 bits per heavy atom. The number of benzene rings is 3. The lowest BCUT2D eigenvalue weighted by Crippen LogP contribution is -2.32. The first-order chi connectivity index (χ1) is 15.4. The number of imide groups is 1. The molecule has 3 aromatic rings. The van der Waals surface area contributed by atoms with Crippen LogP contribution >= 0.6 is 0 Å². The van der Waals surface area contributed by atoms with Crippen LogP contribution in [0.15, 0.2) is 84.6 Å². The molecule has 1 aliphatic heterocycles. The molecule has 6 nitrogen and oxygen atoms in total. The quantitative estimate of drug-likeness (QED) is 0.576. The van der Waals surface area contributed by atoms with Crippen LogP contribution in [0.4, 0.5) is 11.4 Å². The molecule has 2 N–H and O–H groups in total. The van der Waals surface area contributed by atoms with E-state index in [4.69, 9.17) is 0 Å². The lowest BCUT2D eigenvalue weighted by molar-refractivity contribution is -0.137. The lowest BCUT2D eigenvalue weighted by Gasteiger charge is -2.15. The van der Waals surface area contributed by atoms with Gasteiger partial charge in [0.05, 0.1) is 12.1 Å². The van der Waals surface area contributed by atoms with Gasteiger partial charge >= 0.3 is 0 Å². The Hall–Kier alpha value is -4.19. The summed E-state index contributed by atoms with van der Waals surface area (Å²) in [6.07, 6.45) is 0. The first-order valence-corrected chi connectivity index (χ1v) is 10.3. The minimum atomic E-state index is -0.375. The zero-order valence-electron chi connectivity index (χ0n) is 17.9. The van der Waals surface area contributed by atoms with Gasteiger partial charge in [0.1, 0.15) is 5.70 Å². The SMILES string of the molecule is CC(=O)Nc1ccc(C2=C(Nc3ccccc3)C(=O)N(Cc3ccc(C)cc3)C2=O)cc1. The molecule has 0 unspecified atom stereocenters. The normalized spacial score (nSPS) is 13.5. The average Bonchev–Trinajstić information content (AvgIpc) is 3.00. The van der Waals surface area contributed by atoms with Gasteiger partial charge in [0, 0.05) is 18.3 Å². The van der Waals surface area contributed by atoms with E-state index in [2.05, 4.69) is 10.6 Å². The van der Waals surface area contributed by atoms with E-state index in [1.807, 2.05) is 61.5 Å². The van der Waals surface area contributed by atoms with Crippen LogP contribution in [0, 0.1) is 6.92 Å². The Bertz CT molecular complexity index is 1200. The van der Waals surface area contributed by atoms with Crippen LogP contribution in [0.3, 0.4) is 0 Å². The smallest absolute Gasteiger partial charge is 0.278 e. The molecule has 3 amide bonds. The average molecular weight is 425 g/mol. The number of para-hydroxylation sites is 1. The number of carbonyl (C=O) groups excluding carboxylic acids is 3. The van der Waals surface area contributed by atoms with E-state index in [9.17, 15) is 14.4 Å². The van der Waals surface area contributed by atoms with Crippen LogP contribution in [0.1, 0.15) is 23.6 Å². The molecule has 0 saturated carbocycles. The van der Waals surface area contributed by atoms with Crippen molar-refractivity contribution in [1.82, 2.24) is 4.90 Å². The fourth-order valence-corrected chi connectivity index (χ4v) is 3.57. The minimum absolute atomic E-state index is 0.181. The third kappa shape index (κ3) is 4.44. The van der Waals surface area contributed by atoms with Gasteiger partial charge in [-0.25, -0.2) is 0 Å². The number of rotatable bonds is 6. The van der Waals surface area contributed by atoms with Crippen LogP contribution in [-0.2, 0) is 20.9 Å². The van der Waals surface area contributed by atoms with E-state index in [1.165, 1.54) is 11.8 Å². The van der Waals surface area contributed by atoms with E-state index >= 15 is 0 Å². The van der Waals surface area contributed by atoms with E-state index in [-0.39, 0.29) is 30.0 Å². The van der Waals surface area contributed by atoms with Crippen LogP contribution in [0.2, 0.25) is 0 Å². The molecule has 0 saturated heterocycles. The number of carbonyl (C=O) groups is 3. The van der Waals surface area contributed by atoms with Gasteiger partial charge in [-0.2, -0.15) is 0 Å². The van der Waals surface area contributed by atoms with Crippen molar-refractivity contribution in [2.24, 2.45) is 0 Å². The number of hydrogen-bond donors (Lipinski definition) is 2. The molecule has 0 bridgehead atoms. The summed E-state index contributed by atoms with van der Waals surface area (Å²) >= 11 is 0. The molecule has 0 spiro atoms. The number of amides is 3. The summed E-state index contributed by atoms with van der Waals surface area (Å²) in [6, 6.07) is 23.9. The molecule has 0 aliphatic carbocycles. The number of hydrogen-bond acceptors (Lipinski definition) is 4. The lowest BCUT2D eigenvalue weighted by atomic mass is 10.0. The maximum absolute atomic E-state index is 13.4. The summed E-state index contributed by atoms with van der Waals surface area (Å²) < 4.78 is 0. The van der Waals surface area contributed by atoms with Crippen molar-refractivity contribution in [3.63, 3.8) is 0 Å². The highest BCUT2D eigenvalue weighted by Crippen LogP contribution is 2.32. The Morgan fingerprint density at radius 2 is 1.47 bits per heavy atom. The molecule has 160 valence electrons. The Morgan fingerprint density at radius 1 is 0.812 bits per heavy atom. The van der Waals surface area contributed by atoms with E-state index < -0.39 is 0 Å². The van der Waals surface area contributed by atoms with Crippen LogP contribution in [0.25, 0.3) is 5.57 Å². The minimum Gasteiger partial charge on any atom is -0.350 e. The van der Waals surface area contributed by atoms with Crippen LogP contribution in [-0.4, -0.2) is 22.6 Å². The topological polar surface area (TPSA) is 78.5 Å². The fraction of sp³-hybridized carbons (Fsp3) is 0.115. The second-order valence-corrected chi connectivity index (χ2v) is 7.68. The van der Waals surface area contributed by atoms with Gasteiger partial charge in [-0.05, 0) is 42.3 Å². The highest BCUT2D eigenvalue weighted by molar-refractivity contribution is 6.36. The van der Waals surface area contributed by atoms with E-state index in [1.54, 1.807) is 24.3 Å². The molecular weight excluding hydrogens is 402 g/mol. The number of nitrogens with one attached hydrogen (secondary N) is 2. The van der Waals surface area contributed by atoms with Crippen molar-refractivity contribution in [2.45, 2.75) is 20.4 Å². The van der Waals surface area contributed by atoms with Crippen molar-refractivity contribution < 1.29 is 14.4 Å². The van der Waals surface area contributed by atoms with Crippen molar-refractivity contribution in [3.8, 4) is 0 Å². The predicted octanol–water partition coefficient (Wildman–Crippen LogP) is 4.35. The molecule has 4 rings (SSSR count). The highest BCUT2D eigenvalue weighted by Gasteiger charge is 2.39. The molecular formula is C26H23N3O3. The summed E-state index contributed by atoms with van der Waals surface area (Å²) in [4.78, 5) is 39.3. The summed E-state index contributed by atoms with van der Waals surface area (Å²) in [5, 5.41) is 5.85. The molecule has 3 aromatic carbocycles. The van der Waals surface area contributed by atoms with Crippen molar-refractivity contribution in [1.29, 1.82) is 0 Å². The first kappa shape index (κ1) is 21.1. The predicted molar refractivity (Wildman–Crippen MR) is 124 cm³/mol. The maximum Gasteiger partial charge on any atom is 0.278 e. The monoisotopic (exact) mass is 425 g/mol. The third-order valence-electron chi connectivity index (χ3n) is 5.17. The number of nitrogens with zero attached hydrogens (tertiary/aromatic N) is 1. The third-order valence-corrected chi connectivity index (χ3v) is 5.17. The fourth-order valence-electron chi connectivity index (χ4n) is 3.57. The van der Waals surface area contributed by atoms with Gasteiger partial charge in [-0.1, -0.05) is 60.2 Å². The first-order valence-electron chi connectivity index (χ1n) is 10.3. The molecule has 1 heterocycles. The van der Waals surface area contributed by atoms with Crippen molar-refractivity contribution in [2.75, 3.05) is 10.6 Å². The largest absolute Gasteiger partial charge is 0.350 e. The van der Waals surface area contributed by atoms with Crippen molar-refractivity contribution >= 4 is 34.7 Å². The zero-order chi connectivity index (χ0) is 22.7. The molecule has 0 radical (unpaired) electrons. The summed E-state index contributed by atoms with van der Waals surface area (Å²) in [5.41, 5.74) is 4.46. The van der Waals surface area contributed by atoms with Gasteiger partial charge in [-0.3, -0.25) is 19.3 Å². The summed E-state index contributed by atoms with van der Waals surface area (Å²) in [7, 11) is 0. The van der Waals surface area contributed by atoms with E-state index in [0.29, 0.717) is 22.5 Å². The van der Waals surface area contributed by atoms with Gasteiger partial charge in [-0.15, -0.1) is 0 Å². The second kappa shape index (κ2) is 8.89. The molecule has 0 atom stereocenters. The molecule has 1 aliphatic rings. The van der Waals surface area contributed by atoms with Crippen molar-refractivity contribution in [3.05, 3.63) is 101 Å². The number of anilines is 2. The molecule has 32 heavy (non-hydrogen) atoms. The Balaban J connectivity index is 1.70. The highest BCUT2D eigenvalue weighted by atomic mass is 16.2. The molecule has 6 heteroatoms. The Kier molecular flexibility index (Phi) is 5.85.